The average Bonchev–Trinajstić information content (AvgIpc) is 3.96. The van der Waals surface area contributed by atoms with Gasteiger partial charge in [0.2, 0.25) is 0 Å². The van der Waals surface area contributed by atoms with Gasteiger partial charge in [0.15, 0.2) is 23.6 Å². The van der Waals surface area contributed by atoms with Gasteiger partial charge in [-0.15, -0.1) is 0 Å². The van der Waals surface area contributed by atoms with E-state index in [9.17, 15) is 10.1 Å². The van der Waals surface area contributed by atoms with Crippen LogP contribution in [0.3, 0.4) is 0 Å². The molecule has 0 saturated carbocycles. The summed E-state index contributed by atoms with van der Waals surface area (Å²) in [6, 6.07) is 35.9. The molecule has 1 unspecified atom stereocenters. The van der Waals surface area contributed by atoms with Crippen LogP contribution in [-0.2, 0) is 34.3 Å². The zero-order valence-corrected chi connectivity index (χ0v) is 41.2. The molecule has 1 aliphatic heterocycles. The molecule has 3 heterocycles. The normalized spacial score (nSPS) is 16.8. The summed E-state index contributed by atoms with van der Waals surface area (Å²) in [5.74, 6) is 1.83. The second kappa shape index (κ2) is 22.4. The molecule has 1 N–H and O–H groups in total. The summed E-state index contributed by atoms with van der Waals surface area (Å²) in [5.41, 5.74) is 3.48. The Kier molecular flexibility index (Phi) is 16.5. The number of carbonyl (C=O) groups is 1. The SMILES string of the molecule is COc1ccc(C(OC[C@H]2O[C@@H](n3cnc4c(NC(=O)COc5ccc(C(C)(C)C)cc5)ncnc43)C[C@@H]2OP(OCCC#N)N(C(C)C)C(C)C)(c2ccccc2)c2ccc(OC)cc2)cc1. The number of amides is 1. The highest BCUT2D eigenvalue weighted by molar-refractivity contribution is 7.44. The minimum absolute atomic E-state index is 0.00720. The Balaban J connectivity index is 1.22. The third-order valence-corrected chi connectivity index (χ3v) is 13.9. The van der Waals surface area contributed by atoms with Crippen LogP contribution >= 0.6 is 8.53 Å². The molecule has 7 rings (SSSR count). The van der Waals surface area contributed by atoms with Gasteiger partial charge in [-0.3, -0.25) is 9.36 Å². The number of methoxy groups -OCH3 is 2. The topological polar surface area (TPSA) is 164 Å². The number of nitrogens with one attached hydrogen (secondary N) is 1. The molecular weight excluding hydrogens is 882 g/mol. The summed E-state index contributed by atoms with van der Waals surface area (Å²) in [5, 5.41) is 12.3. The second-order valence-electron chi connectivity index (χ2n) is 18.0. The first kappa shape index (κ1) is 49.9. The first-order valence-corrected chi connectivity index (χ1v) is 24.0. The Bertz CT molecular complexity index is 2540. The fourth-order valence-corrected chi connectivity index (χ4v) is 10.1. The molecule has 16 heteroatoms. The Morgan fingerprint density at radius 2 is 1.43 bits per heavy atom. The van der Waals surface area contributed by atoms with E-state index >= 15 is 0 Å². The predicted octanol–water partition coefficient (Wildman–Crippen LogP) is 10.1. The number of nitrogens with zero attached hydrogens (tertiary/aromatic N) is 6. The molecule has 1 aliphatic rings. The molecule has 0 bridgehead atoms. The van der Waals surface area contributed by atoms with E-state index in [1.807, 2.05) is 95.6 Å². The van der Waals surface area contributed by atoms with Crippen LogP contribution in [0.4, 0.5) is 5.82 Å². The number of hydrogen-bond donors (Lipinski definition) is 1. The molecule has 0 radical (unpaired) electrons. The average molecular weight is 944 g/mol. The highest BCUT2D eigenvalue weighted by Gasteiger charge is 2.45. The number of hydrogen-bond acceptors (Lipinski definition) is 13. The molecule has 1 saturated heterocycles. The molecule has 358 valence electrons. The van der Waals surface area contributed by atoms with Crippen molar-refractivity contribution in [3.8, 4) is 23.3 Å². The monoisotopic (exact) mass is 943 g/mol. The maximum atomic E-state index is 13.2. The number of imidazole rings is 1. The van der Waals surface area contributed by atoms with Gasteiger partial charge in [-0.2, -0.15) is 5.26 Å². The van der Waals surface area contributed by atoms with E-state index < -0.39 is 38.5 Å². The number of nitriles is 1. The lowest BCUT2D eigenvalue weighted by atomic mass is 9.80. The molecule has 1 fully saturated rings. The van der Waals surface area contributed by atoms with Crippen molar-refractivity contribution in [2.45, 2.75) is 103 Å². The lowest BCUT2D eigenvalue weighted by molar-refractivity contribution is -0.118. The zero-order chi connectivity index (χ0) is 48.4. The van der Waals surface area contributed by atoms with Crippen LogP contribution in [0, 0.1) is 11.3 Å². The van der Waals surface area contributed by atoms with Gasteiger partial charge < -0.3 is 38.0 Å². The van der Waals surface area contributed by atoms with E-state index in [-0.39, 0.29) is 49.6 Å². The van der Waals surface area contributed by atoms with E-state index in [0.29, 0.717) is 34.8 Å². The van der Waals surface area contributed by atoms with Crippen molar-refractivity contribution in [3.05, 3.63) is 138 Å². The van der Waals surface area contributed by atoms with Crippen molar-refractivity contribution in [1.82, 2.24) is 24.2 Å². The molecule has 1 amide bonds. The van der Waals surface area contributed by atoms with Crippen LogP contribution in [0.1, 0.15) is 89.8 Å². The van der Waals surface area contributed by atoms with Gasteiger partial charge in [0.05, 0.1) is 52.4 Å². The second-order valence-corrected chi connectivity index (χ2v) is 19.4. The van der Waals surface area contributed by atoms with Crippen molar-refractivity contribution in [2.24, 2.45) is 0 Å². The predicted molar refractivity (Wildman–Crippen MR) is 261 cm³/mol. The summed E-state index contributed by atoms with van der Waals surface area (Å²) >= 11 is 0. The molecular formula is C52H62N7O8P. The van der Waals surface area contributed by atoms with Crippen LogP contribution < -0.4 is 19.5 Å². The molecule has 68 heavy (non-hydrogen) atoms. The molecule has 0 aliphatic carbocycles. The van der Waals surface area contributed by atoms with Crippen molar-refractivity contribution in [3.63, 3.8) is 0 Å². The standard InChI is InChI=1S/C52H62N7O8P/c1-35(2)59(36(3)4)68(65-29-13-28-53)67-44-30-47(58-34-56-48-49(54-33-55-50(48)58)57-46(60)32-63-43-26-16-37(17-27-43)51(5,6)7)66-45(44)31-64-52(38-14-11-10-12-15-38,39-18-22-41(61-8)23-19-39)40-20-24-42(62-9)25-21-40/h10-12,14-27,33-36,44-45,47H,13,29-32H2,1-9H3,(H,54,55,57,60)/t44-,45+,47+,68?/m0/s1. The lowest BCUT2D eigenvalue weighted by Crippen LogP contribution is -2.39. The quantitative estimate of drug-likeness (QED) is 0.0412. The maximum Gasteiger partial charge on any atom is 0.263 e. The zero-order valence-electron chi connectivity index (χ0n) is 40.3. The number of ether oxygens (including phenoxy) is 5. The van der Waals surface area contributed by atoms with Crippen LogP contribution in [0.2, 0.25) is 0 Å². The maximum absolute atomic E-state index is 13.2. The van der Waals surface area contributed by atoms with E-state index in [4.69, 9.17) is 32.7 Å². The minimum Gasteiger partial charge on any atom is -0.497 e. The number of carbonyl (C=O) groups excluding carboxylic acids is 1. The third-order valence-electron chi connectivity index (χ3n) is 11.7. The molecule has 15 nitrogen and oxygen atoms in total. The van der Waals surface area contributed by atoms with E-state index in [1.54, 1.807) is 20.5 Å². The third kappa shape index (κ3) is 11.5. The van der Waals surface area contributed by atoms with E-state index in [2.05, 4.69) is 91.6 Å². The lowest BCUT2D eigenvalue weighted by Gasteiger charge is -2.39. The van der Waals surface area contributed by atoms with Gasteiger partial charge >= 0.3 is 0 Å². The summed E-state index contributed by atoms with van der Waals surface area (Å²) in [7, 11) is 1.60. The smallest absolute Gasteiger partial charge is 0.263 e. The molecule has 4 aromatic carbocycles. The number of rotatable bonds is 21. The highest BCUT2D eigenvalue weighted by atomic mass is 31.2. The van der Waals surface area contributed by atoms with Crippen molar-refractivity contribution in [2.75, 3.05) is 39.4 Å². The van der Waals surface area contributed by atoms with E-state index in [1.165, 1.54) is 6.33 Å². The van der Waals surface area contributed by atoms with Gasteiger partial charge in [0.1, 0.15) is 41.5 Å². The molecule has 0 spiro atoms. The fraction of sp³-hybridized carbons (Fsp3) is 0.404. The van der Waals surface area contributed by atoms with Crippen molar-refractivity contribution < 1.29 is 37.5 Å². The summed E-state index contributed by atoms with van der Waals surface area (Å²) < 4.78 is 48.9. The largest absolute Gasteiger partial charge is 0.497 e. The summed E-state index contributed by atoms with van der Waals surface area (Å²) in [4.78, 5) is 26.9. The molecule has 2 aromatic heterocycles. The van der Waals surface area contributed by atoms with Crippen LogP contribution in [0.15, 0.2) is 116 Å². The minimum atomic E-state index is -1.68. The van der Waals surface area contributed by atoms with Gasteiger partial charge in [0, 0.05) is 18.5 Å². The van der Waals surface area contributed by atoms with E-state index in [0.717, 1.165) is 22.3 Å². The molecule has 6 aromatic rings. The Labute approximate surface area is 400 Å². The number of benzene rings is 4. The highest BCUT2D eigenvalue weighted by Crippen LogP contribution is 2.51. The summed E-state index contributed by atoms with van der Waals surface area (Å²) in [6.07, 6.45) is 1.74. The Hall–Kier alpha value is -5.98. The van der Waals surface area contributed by atoms with Gasteiger partial charge in [-0.1, -0.05) is 87.5 Å². The Morgan fingerprint density at radius 1 is 0.838 bits per heavy atom. The fourth-order valence-electron chi connectivity index (χ4n) is 8.35. The molecule has 4 atom stereocenters. The van der Waals surface area contributed by atoms with Gasteiger partial charge in [-0.05, 0) is 91.8 Å². The first-order valence-electron chi connectivity index (χ1n) is 22.9. The van der Waals surface area contributed by atoms with Crippen molar-refractivity contribution >= 4 is 31.4 Å². The first-order chi connectivity index (χ1) is 32.7. The van der Waals surface area contributed by atoms with Crippen LogP contribution in [-0.4, -0.2) is 88.4 Å². The number of fused-ring (bicyclic) bond motifs is 1. The van der Waals surface area contributed by atoms with Crippen molar-refractivity contribution in [1.29, 1.82) is 5.26 Å². The van der Waals surface area contributed by atoms with Gasteiger partial charge in [0.25, 0.3) is 14.4 Å². The summed E-state index contributed by atoms with van der Waals surface area (Å²) in [6.45, 7) is 14.9. The Morgan fingerprint density at radius 3 is 2.00 bits per heavy atom. The number of anilines is 1. The number of aromatic nitrogens is 4. The van der Waals surface area contributed by atoms with Crippen LogP contribution in [0.25, 0.3) is 11.2 Å². The van der Waals surface area contributed by atoms with Crippen LogP contribution in [0.5, 0.6) is 17.2 Å². The van der Waals surface area contributed by atoms with Gasteiger partial charge in [-0.25, -0.2) is 19.6 Å².